The summed E-state index contributed by atoms with van der Waals surface area (Å²) in [5.41, 5.74) is -0.585. The largest absolute Gasteiger partial charge is 0.494 e. The molecule has 132 valence electrons. The van der Waals surface area contributed by atoms with Crippen LogP contribution in [0.4, 0.5) is 4.39 Å². The Kier molecular flexibility index (Phi) is 6.14. The zero-order valence-electron chi connectivity index (χ0n) is 13.6. The standard InChI is InChI=1S/C17H22FNO5/c1-23-13-4-2-3-12(15(13)18)5-6-14(20)19-11-17(16(21)22)7-9-24-10-8-17/h2-4H,5-11H2,1H3,(H,19,20)(H,21,22). The van der Waals surface area contributed by atoms with Gasteiger partial charge in [0.2, 0.25) is 5.91 Å². The molecule has 0 atom stereocenters. The average molecular weight is 339 g/mol. The molecule has 0 bridgehead atoms. The van der Waals surface area contributed by atoms with E-state index in [1.807, 2.05) is 0 Å². The molecule has 1 amide bonds. The number of benzene rings is 1. The Balaban J connectivity index is 1.88. The highest BCUT2D eigenvalue weighted by molar-refractivity contribution is 5.79. The van der Waals surface area contributed by atoms with E-state index in [2.05, 4.69) is 5.32 Å². The summed E-state index contributed by atoms with van der Waals surface area (Å²) in [5.74, 6) is -1.56. The number of halogens is 1. The van der Waals surface area contributed by atoms with E-state index in [0.29, 0.717) is 31.6 Å². The summed E-state index contributed by atoms with van der Waals surface area (Å²) in [7, 11) is 1.38. The number of aliphatic carboxylic acids is 1. The molecule has 2 N–H and O–H groups in total. The maximum absolute atomic E-state index is 14.0. The van der Waals surface area contributed by atoms with Crippen LogP contribution in [0.25, 0.3) is 0 Å². The molecular formula is C17H22FNO5. The number of carboxylic acid groups (broad SMARTS) is 1. The monoisotopic (exact) mass is 339 g/mol. The molecule has 2 rings (SSSR count). The minimum Gasteiger partial charge on any atom is -0.494 e. The fraction of sp³-hybridized carbons (Fsp3) is 0.529. The average Bonchev–Trinajstić information content (AvgIpc) is 2.59. The number of aryl methyl sites for hydroxylation is 1. The molecule has 1 aromatic carbocycles. The van der Waals surface area contributed by atoms with Crippen molar-refractivity contribution in [2.24, 2.45) is 5.41 Å². The van der Waals surface area contributed by atoms with Crippen LogP contribution in [0.3, 0.4) is 0 Å². The lowest BCUT2D eigenvalue weighted by molar-refractivity contribution is -0.154. The van der Waals surface area contributed by atoms with Crippen LogP contribution in [0, 0.1) is 11.2 Å². The van der Waals surface area contributed by atoms with Crippen LogP contribution in [0.15, 0.2) is 18.2 Å². The summed E-state index contributed by atoms with van der Waals surface area (Å²) in [4.78, 5) is 23.5. The molecule has 0 aromatic heterocycles. The molecule has 0 unspecified atom stereocenters. The van der Waals surface area contributed by atoms with Crippen LogP contribution in [-0.2, 0) is 20.7 Å². The number of methoxy groups -OCH3 is 1. The van der Waals surface area contributed by atoms with E-state index < -0.39 is 17.2 Å². The fourth-order valence-electron chi connectivity index (χ4n) is 2.74. The Morgan fingerprint density at radius 2 is 2.08 bits per heavy atom. The maximum atomic E-state index is 14.0. The summed E-state index contributed by atoms with van der Waals surface area (Å²) in [6.45, 7) is 0.805. The maximum Gasteiger partial charge on any atom is 0.311 e. The second kappa shape index (κ2) is 8.10. The number of carbonyl (C=O) groups excluding carboxylic acids is 1. The first-order valence-corrected chi connectivity index (χ1v) is 7.88. The number of carboxylic acids is 1. The molecule has 1 heterocycles. The van der Waals surface area contributed by atoms with Gasteiger partial charge in [-0.3, -0.25) is 9.59 Å². The molecule has 24 heavy (non-hydrogen) atoms. The first-order valence-electron chi connectivity index (χ1n) is 7.88. The summed E-state index contributed by atoms with van der Waals surface area (Å²) in [6.07, 6.45) is 1.04. The topological polar surface area (TPSA) is 84.9 Å². The van der Waals surface area contributed by atoms with Gasteiger partial charge < -0.3 is 19.9 Å². The van der Waals surface area contributed by atoms with Crippen LogP contribution in [-0.4, -0.2) is 43.9 Å². The molecule has 1 aliphatic heterocycles. The predicted molar refractivity (Wildman–Crippen MR) is 84.4 cm³/mol. The highest BCUT2D eigenvalue weighted by Gasteiger charge is 2.40. The fourth-order valence-corrected chi connectivity index (χ4v) is 2.74. The molecule has 1 saturated heterocycles. The normalized spacial score (nSPS) is 16.4. The van der Waals surface area contributed by atoms with Crippen molar-refractivity contribution in [2.45, 2.75) is 25.7 Å². The minimum atomic E-state index is -0.977. The lowest BCUT2D eigenvalue weighted by atomic mass is 9.80. The van der Waals surface area contributed by atoms with Gasteiger partial charge in [-0.05, 0) is 30.9 Å². The second-order valence-corrected chi connectivity index (χ2v) is 5.91. The van der Waals surface area contributed by atoms with E-state index >= 15 is 0 Å². The quantitative estimate of drug-likeness (QED) is 0.791. The Labute approximate surface area is 139 Å². The number of rotatable bonds is 7. The van der Waals surface area contributed by atoms with Gasteiger partial charge in [0, 0.05) is 26.2 Å². The number of carbonyl (C=O) groups is 2. The van der Waals surface area contributed by atoms with E-state index in [1.165, 1.54) is 13.2 Å². The molecule has 1 fully saturated rings. The van der Waals surface area contributed by atoms with Crippen LogP contribution >= 0.6 is 0 Å². The number of hydrogen-bond donors (Lipinski definition) is 2. The van der Waals surface area contributed by atoms with Gasteiger partial charge in [0.15, 0.2) is 11.6 Å². The van der Waals surface area contributed by atoms with E-state index in [-0.39, 0.29) is 31.0 Å². The van der Waals surface area contributed by atoms with E-state index in [4.69, 9.17) is 9.47 Å². The molecule has 7 heteroatoms. The summed E-state index contributed by atoms with van der Waals surface area (Å²) >= 11 is 0. The van der Waals surface area contributed by atoms with Gasteiger partial charge in [-0.2, -0.15) is 0 Å². The van der Waals surface area contributed by atoms with Crippen molar-refractivity contribution in [2.75, 3.05) is 26.9 Å². The highest BCUT2D eigenvalue weighted by atomic mass is 19.1. The zero-order chi connectivity index (χ0) is 17.6. The van der Waals surface area contributed by atoms with Gasteiger partial charge in [0.05, 0.1) is 12.5 Å². The summed E-state index contributed by atoms with van der Waals surface area (Å²) in [5, 5.41) is 12.1. The minimum absolute atomic E-state index is 0.0606. The third-order valence-corrected chi connectivity index (χ3v) is 4.41. The van der Waals surface area contributed by atoms with Crippen molar-refractivity contribution in [1.82, 2.24) is 5.32 Å². The van der Waals surface area contributed by atoms with Crippen LogP contribution in [0.2, 0.25) is 0 Å². The van der Waals surface area contributed by atoms with Gasteiger partial charge in [0.1, 0.15) is 0 Å². The number of hydrogen-bond acceptors (Lipinski definition) is 4. The Hall–Kier alpha value is -2.15. The predicted octanol–water partition coefficient (Wildman–Crippen LogP) is 1.76. The van der Waals surface area contributed by atoms with Crippen molar-refractivity contribution in [3.8, 4) is 5.75 Å². The number of amides is 1. The molecule has 6 nitrogen and oxygen atoms in total. The highest BCUT2D eigenvalue weighted by Crippen LogP contribution is 2.30. The van der Waals surface area contributed by atoms with Crippen molar-refractivity contribution >= 4 is 11.9 Å². The molecule has 0 aliphatic carbocycles. The number of nitrogens with one attached hydrogen (secondary N) is 1. The van der Waals surface area contributed by atoms with E-state index in [0.717, 1.165) is 0 Å². The Morgan fingerprint density at radius 1 is 1.38 bits per heavy atom. The molecule has 0 saturated carbocycles. The number of ether oxygens (including phenoxy) is 2. The van der Waals surface area contributed by atoms with Crippen LogP contribution < -0.4 is 10.1 Å². The zero-order valence-corrected chi connectivity index (χ0v) is 13.6. The lowest BCUT2D eigenvalue weighted by Crippen LogP contribution is -2.46. The molecule has 0 radical (unpaired) electrons. The van der Waals surface area contributed by atoms with Gasteiger partial charge >= 0.3 is 5.97 Å². The van der Waals surface area contributed by atoms with E-state index in [1.54, 1.807) is 12.1 Å². The van der Waals surface area contributed by atoms with Crippen molar-refractivity contribution < 1.29 is 28.6 Å². The van der Waals surface area contributed by atoms with Gasteiger partial charge in [-0.1, -0.05) is 12.1 Å². The van der Waals surface area contributed by atoms with E-state index in [9.17, 15) is 19.1 Å². The second-order valence-electron chi connectivity index (χ2n) is 5.91. The van der Waals surface area contributed by atoms with Crippen molar-refractivity contribution in [1.29, 1.82) is 0 Å². The van der Waals surface area contributed by atoms with Crippen molar-refractivity contribution in [3.05, 3.63) is 29.6 Å². The third-order valence-electron chi connectivity index (χ3n) is 4.41. The Bertz CT molecular complexity index is 599. The van der Waals surface area contributed by atoms with Crippen LogP contribution in [0.1, 0.15) is 24.8 Å². The molecule has 1 aromatic rings. The smallest absolute Gasteiger partial charge is 0.311 e. The Morgan fingerprint density at radius 3 is 2.71 bits per heavy atom. The first-order chi connectivity index (χ1) is 11.5. The third kappa shape index (κ3) is 4.23. The van der Waals surface area contributed by atoms with Crippen molar-refractivity contribution in [3.63, 3.8) is 0 Å². The summed E-state index contributed by atoms with van der Waals surface area (Å²) < 4.78 is 24.1. The molecule has 0 spiro atoms. The summed E-state index contributed by atoms with van der Waals surface area (Å²) in [6, 6.07) is 4.78. The van der Waals surface area contributed by atoms with Gasteiger partial charge in [-0.25, -0.2) is 4.39 Å². The molecule has 1 aliphatic rings. The lowest BCUT2D eigenvalue weighted by Gasteiger charge is -2.33. The van der Waals surface area contributed by atoms with Gasteiger partial charge in [-0.15, -0.1) is 0 Å². The molecular weight excluding hydrogens is 317 g/mol. The first kappa shape index (κ1) is 18.2. The van der Waals surface area contributed by atoms with Gasteiger partial charge in [0.25, 0.3) is 0 Å². The SMILES string of the molecule is COc1cccc(CCC(=O)NCC2(C(=O)O)CCOCC2)c1F. The van der Waals surface area contributed by atoms with Crippen LogP contribution in [0.5, 0.6) is 5.75 Å².